The molecule has 0 saturated carbocycles. The second-order valence-corrected chi connectivity index (χ2v) is 3.14. The summed E-state index contributed by atoms with van der Waals surface area (Å²) >= 11 is 0. The van der Waals surface area contributed by atoms with E-state index in [9.17, 15) is 8.78 Å². The molecule has 0 unspecified atom stereocenters. The molecular formula is C10H10F2N2. The van der Waals surface area contributed by atoms with Crippen LogP contribution in [-0.2, 0) is 0 Å². The van der Waals surface area contributed by atoms with E-state index in [4.69, 9.17) is 0 Å². The molecule has 0 atom stereocenters. The van der Waals surface area contributed by atoms with Crippen LogP contribution >= 0.6 is 0 Å². The highest BCUT2D eigenvalue weighted by molar-refractivity contribution is 5.48. The van der Waals surface area contributed by atoms with Crippen molar-refractivity contribution in [2.24, 2.45) is 0 Å². The molecule has 2 rings (SSSR count). The zero-order valence-corrected chi connectivity index (χ0v) is 7.74. The van der Waals surface area contributed by atoms with Gasteiger partial charge in [0, 0.05) is 19.3 Å². The Morgan fingerprint density at radius 1 is 1.29 bits per heavy atom. The van der Waals surface area contributed by atoms with Gasteiger partial charge in [0.1, 0.15) is 5.82 Å². The molecule has 4 heteroatoms. The second kappa shape index (κ2) is 3.29. The van der Waals surface area contributed by atoms with Crippen LogP contribution < -0.4 is 5.01 Å². The van der Waals surface area contributed by atoms with Crippen molar-refractivity contribution in [3.8, 4) is 0 Å². The fraction of sp³-hybridized carbons (Fsp3) is 0.200. The Morgan fingerprint density at radius 2 is 2.07 bits per heavy atom. The molecule has 1 aliphatic rings. The van der Waals surface area contributed by atoms with Gasteiger partial charge in [0.25, 0.3) is 0 Å². The fourth-order valence-electron chi connectivity index (χ4n) is 1.47. The first-order valence-electron chi connectivity index (χ1n) is 4.30. The number of nitrogens with zero attached hydrogens (tertiary/aromatic N) is 2. The van der Waals surface area contributed by atoms with E-state index in [0.717, 1.165) is 6.07 Å². The summed E-state index contributed by atoms with van der Waals surface area (Å²) < 4.78 is 26.0. The number of hydrogen-bond acceptors (Lipinski definition) is 2. The van der Waals surface area contributed by atoms with Gasteiger partial charge in [-0.05, 0) is 18.2 Å². The van der Waals surface area contributed by atoms with Crippen LogP contribution in [-0.4, -0.2) is 18.6 Å². The summed E-state index contributed by atoms with van der Waals surface area (Å²) in [6.07, 6.45) is 3.74. The first-order chi connectivity index (χ1) is 6.68. The molecule has 0 bridgehead atoms. The maximum Gasteiger partial charge on any atom is 0.151 e. The summed E-state index contributed by atoms with van der Waals surface area (Å²) in [5.41, 5.74) is 0.388. The summed E-state index contributed by atoms with van der Waals surface area (Å²) in [5, 5.41) is 3.48. The van der Waals surface area contributed by atoms with Gasteiger partial charge < -0.3 is 0 Å². The lowest BCUT2D eigenvalue weighted by Gasteiger charge is -2.27. The lowest BCUT2D eigenvalue weighted by atomic mass is 10.3. The van der Waals surface area contributed by atoms with E-state index < -0.39 is 11.6 Å². The van der Waals surface area contributed by atoms with Gasteiger partial charge in [0.15, 0.2) is 5.82 Å². The van der Waals surface area contributed by atoms with Crippen molar-refractivity contribution in [2.45, 2.75) is 0 Å². The average molecular weight is 196 g/mol. The Labute approximate surface area is 81.0 Å². The van der Waals surface area contributed by atoms with Gasteiger partial charge in [-0.25, -0.2) is 8.78 Å². The van der Waals surface area contributed by atoms with Crippen LogP contribution in [0.25, 0.3) is 0 Å². The summed E-state index contributed by atoms with van der Waals surface area (Å²) in [6, 6.07) is 3.58. The molecule has 0 aromatic heterocycles. The molecule has 0 fully saturated rings. The van der Waals surface area contributed by atoms with Crippen molar-refractivity contribution in [2.75, 3.05) is 18.6 Å². The maximum absolute atomic E-state index is 13.3. The van der Waals surface area contributed by atoms with Crippen molar-refractivity contribution in [3.63, 3.8) is 0 Å². The highest BCUT2D eigenvalue weighted by atomic mass is 19.1. The number of rotatable bonds is 1. The van der Waals surface area contributed by atoms with Crippen LogP contribution in [0.4, 0.5) is 14.5 Å². The minimum absolute atomic E-state index is 0.388. The monoisotopic (exact) mass is 196 g/mol. The SMILES string of the molecule is CN1C=CCN1c1ccc(F)cc1F. The number of benzene rings is 1. The summed E-state index contributed by atoms with van der Waals surface area (Å²) in [5.74, 6) is -1.10. The van der Waals surface area contributed by atoms with Gasteiger partial charge in [-0.3, -0.25) is 10.0 Å². The summed E-state index contributed by atoms with van der Waals surface area (Å²) in [4.78, 5) is 0. The van der Waals surface area contributed by atoms with Gasteiger partial charge in [-0.1, -0.05) is 0 Å². The molecule has 1 aromatic rings. The van der Waals surface area contributed by atoms with Crippen molar-refractivity contribution >= 4 is 5.69 Å². The van der Waals surface area contributed by atoms with Crippen LogP contribution in [0.5, 0.6) is 0 Å². The fourth-order valence-corrected chi connectivity index (χ4v) is 1.47. The van der Waals surface area contributed by atoms with Crippen LogP contribution in [0.1, 0.15) is 0 Å². The van der Waals surface area contributed by atoms with Crippen molar-refractivity contribution < 1.29 is 8.78 Å². The third-order valence-corrected chi connectivity index (χ3v) is 2.17. The highest BCUT2D eigenvalue weighted by Crippen LogP contribution is 2.23. The van der Waals surface area contributed by atoms with Gasteiger partial charge in [0.05, 0.1) is 12.2 Å². The van der Waals surface area contributed by atoms with Crippen LogP contribution in [0.15, 0.2) is 30.5 Å². The normalized spacial score (nSPS) is 15.4. The van der Waals surface area contributed by atoms with Gasteiger partial charge >= 0.3 is 0 Å². The lowest BCUT2D eigenvalue weighted by Crippen LogP contribution is -2.32. The average Bonchev–Trinajstić information content (AvgIpc) is 2.52. The van der Waals surface area contributed by atoms with Crippen molar-refractivity contribution in [1.82, 2.24) is 5.01 Å². The summed E-state index contributed by atoms with van der Waals surface area (Å²) in [6.45, 7) is 0.610. The first kappa shape index (κ1) is 8.99. The third-order valence-electron chi connectivity index (χ3n) is 2.17. The standard InChI is InChI=1S/C10H10F2N2/c1-13-5-2-6-14(13)10-4-3-8(11)7-9(10)12/h2-5,7H,6H2,1H3. The van der Waals surface area contributed by atoms with E-state index in [1.54, 1.807) is 10.0 Å². The molecule has 74 valence electrons. The molecule has 0 aliphatic carbocycles. The molecule has 0 N–H and O–H groups in total. The largest absolute Gasteiger partial charge is 0.296 e. The predicted octanol–water partition coefficient (Wildman–Crippen LogP) is 2.15. The van der Waals surface area contributed by atoms with Gasteiger partial charge in [-0.15, -0.1) is 0 Å². The number of hydrazine groups is 1. The maximum atomic E-state index is 13.3. The molecular weight excluding hydrogens is 186 g/mol. The molecule has 0 spiro atoms. The van der Waals surface area contributed by atoms with E-state index in [1.807, 2.05) is 19.3 Å². The van der Waals surface area contributed by atoms with Gasteiger partial charge in [0.2, 0.25) is 0 Å². The smallest absolute Gasteiger partial charge is 0.151 e. The van der Waals surface area contributed by atoms with Gasteiger partial charge in [-0.2, -0.15) is 0 Å². The Bertz CT molecular complexity index is 376. The van der Waals surface area contributed by atoms with E-state index >= 15 is 0 Å². The van der Waals surface area contributed by atoms with Crippen LogP contribution in [0.2, 0.25) is 0 Å². The number of hydrogen-bond donors (Lipinski definition) is 0. The molecule has 0 radical (unpaired) electrons. The Balaban J connectivity index is 2.33. The molecule has 0 saturated heterocycles. The minimum Gasteiger partial charge on any atom is -0.296 e. The Kier molecular flexibility index (Phi) is 2.11. The van der Waals surface area contributed by atoms with Crippen molar-refractivity contribution in [1.29, 1.82) is 0 Å². The van der Waals surface area contributed by atoms with E-state index in [1.165, 1.54) is 12.1 Å². The van der Waals surface area contributed by atoms with E-state index in [2.05, 4.69) is 0 Å². The molecule has 14 heavy (non-hydrogen) atoms. The van der Waals surface area contributed by atoms with Crippen LogP contribution in [0.3, 0.4) is 0 Å². The highest BCUT2D eigenvalue weighted by Gasteiger charge is 2.16. The lowest BCUT2D eigenvalue weighted by molar-refractivity contribution is 0.444. The molecule has 1 aliphatic heterocycles. The second-order valence-electron chi connectivity index (χ2n) is 3.14. The Hall–Kier alpha value is -1.58. The number of anilines is 1. The van der Waals surface area contributed by atoms with Crippen LogP contribution in [0, 0.1) is 11.6 Å². The third kappa shape index (κ3) is 1.43. The first-order valence-corrected chi connectivity index (χ1v) is 4.30. The molecule has 1 heterocycles. The zero-order valence-electron chi connectivity index (χ0n) is 7.74. The topological polar surface area (TPSA) is 6.48 Å². The minimum atomic E-state index is -0.555. The number of halogens is 2. The quantitative estimate of drug-likeness (QED) is 0.679. The molecule has 1 aromatic carbocycles. The Morgan fingerprint density at radius 3 is 2.64 bits per heavy atom. The van der Waals surface area contributed by atoms with E-state index in [0.29, 0.717) is 12.2 Å². The van der Waals surface area contributed by atoms with Crippen molar-refractivity contribution in [3.05, 3.63) is 42.1 Å². The predicted molar refractivity (Wildman–Crippen MR) is 50.6 cm³/mol. The zero-order chi connectivity index (χ0) is 10.1. The van der Waals surface area contributed by atoms with E-state index in [-0.39, 0.29) is 0 Å². The summed E-state index contributed by atoms with van der Waals surface area (Å²) in [7, 11) is 1.81. The molecule has 2 nitrogen and oxygen atoms in total. The molecule has 0 amide bonds.